The molecule has 0 atom stereocenters. The van der Waals surface area contributed by atoms with E-state index in [1.165, 1.54) is 0 Å². The maximum absolute atomic E-state index is 12.4. The Hall–Kier alpha value is -3.22. The third-order valence-electron chi connectivity index (χ3n) is 6.02. The first kappa shape index (κ1) is 22.0. The number of hydrogen-bond acceptors (Lipinski definition) is 3. The number of guanidine groups is 1. The van der Waals surface area contributed by atoms with Crippen molar-refractivity contribution in [1.82, 2.24) is 15.1 Å². The van der Waals surface area contributed by atoms with Crippen molar-refractivity contribution in [2.24, 2.45) is 4.99 Å². The van der Waals surface area contributed by atoms with Crippen LogP contribution in [-0.2, 0) is 6.54 Å². The number of likely N-dealkylation sites (tertiary alicyclic amines) is 2. The lowest BCUT2D eigenvalue weighted by Gasteiger charge is -2.34. The molecular weight excluding hydrogens is 402 g/mol. The second-order valence-electron chi connectivity index (χ2n) is 8.34. The van der Waals surface area contributed by atoms with E-state index in [0.29, 0.717) is 6.54 Å². The molecule has 0 radical (unpaired) electrons. The fourth-order valence-corrected chi connectivity index (χ4v) is 4.27. The van der Waals surface area contributed by atoms with Gasteiger partial charge in [-0.05, 0) is 42.7 Å². The van der Waals surface area contributed by atoms with E-state index in [0.717, 1.165) is 74.8 Å². The minimum atomic E-state index is -0.0102. The molecule has 2 heterocycles. The molecule has 0 spiro atoms. The van der Waals surface area contributed by atoms with Crippen molar-refractivity contribution in [1.29, 1.82) is 0 Å². The molecule has 0 bridgehead atoms. The molecule has 2 aromatic carbocycles. The Morgan fingerprint density at radius 2 is 1.75 bits per heavy atom. The van der Waals surface area contributed by atoms with Gasteiger partial charge in [-0.1, -0.05) is 30.3 Å². The Labute approximate surface area is 190 Å². The fourth-order valence-electron chi connectivity index (χ4n) is 4.27. The van der Waals surface area contributed by atoms with E-state index in [1.54, 1.807) is 0 Å². The van der Waals surface area contributed by atoms with Gasteiger partial charge in [-0.15, -0.1) is 0 Å². The van der Waals surface area contributed by atoms with Gasteiger partial charge >= 0.3 is 6.03 Å². The molecule has 0 unspecified atom stereocenters. The number of hydrogen-bond donors (Lipinski definition) is 2. The molecule has 7 heteroatoms. The number of aliphatic imine (C=N–C) groups is 1. The summed E-state index contributed by atoms with van der Waals surface area (Å²) in [6.45, 7) is 4.15. The Morgan fingerprint density at radius 1 is 1.00 bits per heavy atom. The summed E-state index contributed by atoms with van der Waals surface area (Å²) in [5, 5.41) is 6.49. The number of ether oxygens (including phenoxy) is 1. The number of para-hydroxylation sites is 1. The van der Waals surface area contributed by atoms with Crippen LogP contribution in [0.5, 0.6) is 5.75 Å². The van der Waals surface area contributed by atoms with Gasteiger partial charge in [-0.3, -0.25) is 4.99 Å². The number of carbonyl (C=O) groups excluding carboxylic acids is 1. The lowest BCUT2D eigenvalue weighted by atomic mass is 10.1. The topological polar surface area (TPSA) is 69.2 Å². The zero-order chi connectivity index (χ0) is 22.2. The van der Waals surface area contributed by atoms with Crippen molar-refractivity contribution in [3.8, 4) is 5.75 Å². The van der Waals surface area contributed by atoms with Gasteiger partial charge < -0.3 is 25.2 Å². The smallest absolute Gasteiger partial charge is 0.321 e. The highest BCUT2D eigenvalue weighted by Gasteiger charge is 2.23. The molecule has 0 aliphatic carbocycles. The van der Waals surface area contributed by atoms with Gasteiger partial charge in [0.15, 0.2) is 5.96 Å². The third kappa shape index (κ3) is 5.93. The van der Waals surface area contributed by atoms with Gasteiger partial charge in [0.1, 0.15) is 11.9 Å². The summed E-state index contributed by atoms with van der Waals surface area (Å²) in [4.78, 5) is 21.0. The van der Waals surface area contributed by atoms with Crippen LogP contribution in [0.4, 0.5) is 10.5 Å². The molecule has 4 rings (SSSR count). The number of nitrogens with zero attached hydrogens (tertiary/aromatic N) is 3. The summed E-state index contributed by atoms with van der Waals surface area (Å²) >= 11 is 0. The average molecular weight is 436 g/mol. The van der Waals surface area contributed by atoms with Gasteiger partial charge in [0.25, 0.3) is 0 Å². The number of amides is 2. The molecule has 0 saturated carbocycles. The number of urea groups is 1. The molecule has 2 fully saturated rings. The van der Waals surface area contributed by atoms with E-state index in [9.17, 15) is 4.79 Å². The Kier molecular flexibility index (Phi) is 7.48. The standard InChI is InChI=1S/C25H33N5O2/c1-26-24(29-16-12-23(13-17-29)32-22-10-3-2-4-11-22)27-19-20-8-7-9-21(18-20)28-25(31)30-14-5-6-15-30/h2-4,7-11,18,23H,5-6,12-17,19H2,1H3,(H,26,27)(H,28,31). The van der Waals surface area contributed by atoms with Crippen molar-refractivity contribution in [3.05, 3.63) is 60.2 Å². The Bertz CT molecular complexity index is 904. The van der Waals surface area contributed by atoms with Crippen LogP contribution in [0.1, 0.15) is 31.2 Å². The predicted octanol–water partition coefficient (Wildman–Crippen LogP) is 3.93. The first-order valence-corrected chi connectivity index (χ1v) is 11.5. The van der Waals surface area contributed by atoms with E-state index in [1.807, 2.05) is 60.5 Å². The second kappa shape index (κ2) is 10.9. The van der Waals surface area contributed by atoms with Crippen LogP contribution in [0.3, 0.4) is 0 Å². The molecule has 2 saturated heterocycles. The normalized spacial score (nSPS) is 17.3. The van der Waals surface area contributed by atoms with Crippen LogP contribution < -0.4 is 15.4 Å². The van der Waals surface area contributed by atoms with E-state index in [2.05, 4.69) is 26.6 Å². The molecule has 170 valence electrons. The molecular formula is C25H33N5O2. The number of rotatable bonds is 5. The summed E-state index contributed by atoms with van der Waals surface area (Å²) in [5.41, 5.74) is 1.93. The van der Waals surface area contributed by atoms with Gasteiger partial charge in [-0.25, -0.2) is 4.79 Å². The number of piperidine rings is 1. The van der Waals surface area contributed by atoms with Crippen molar-refractivity contribution < 1.29 is 9.53 Å². The molecule has 7 nitrogen and oxygen atoms in total. The van der Waals surface area contributed by atoms with Gasteiger partial charge in [0.05, 0.1) is 0 Å². The quantitative estimate of drug-likeness (QED) is 0.552. The lowest BCUT2D eigenvalue weighted by Crippen LogP contribution is -2.47. The maximum Gasteiger partial charge on any atom is 0.321 e. The molecule has 2 aliphatic rings. The SMILES string of the molecule is CN=C(NCc1cccc(NC(=O)N2CCCC2)c1)N1CCC(Oc2ccccc2)CC1. The van der Waals surface area contributed by atoms with Gasteiger partial charge in [0, 0.05) is 58.3 Å². The van der Waals surface area contributed by atoms with Crippen molar-refractivity contribution in [2.75, 3.05) is 38.5 Å². The number of nitrogens with one attached hydrogen (secondary N) is 2. The van der Waals surface area contributed by atoms with Crippen LogP contribution in [0.25, 0.3) is 0 Å². The van der Waals surface area contributed by atoms with Gasteiger partial charge in [-0.2, -0.15) is 0 Å². The Morgan fingerprint density at radius 3 is 2.47 bits per heavy atom. The third-order valence-corrected chi connectivity index (χ3v) is 6.02. The van der Waals surface area contributed by atoms with Gasteiger partial charge in [0.2, 0.25) is 0 Å². The van der Waals surface area contributed by atoms with Crippen molar-refractivity contribution >= 4 is 17.7 Å². The van der Waals surface area contributed by atoms with Crippen molar-refractivity contribution in [3.63, 3.8) is 0 Å². The molecule has 2 N–H and O–H groups in total. The summed E-state index contributed by atoms with van der Waals surface area (Å²) in [6.07, 6.45) is 4.35. The molecule has 2 amide bonds. The van der Waals surface area contributed by atoms with Crippen molar-refractivity contribution in [2.45, 2.75) is 38.3 Å². The highest BCUT2D eigenvalue weighted by Crippen LogP contribution is 2.19. The minimum Gasteiger partial charge on any atom is -0.490 e. The second-order valence-corrected chi connectivity index (χ2v) is 8.34. The molecule has 2 aromatic rings. The van der Waals surface area contributed by atoms with E-state index < -0.39 is 0 Å². The summed E-state index contributed by atoms with van der Waals surface area (Å²) in [5.74, 6) is 1.83. The number of anilines is 1. The highest BCUT2D eigenvalue weighted by molar-refractivity contribution is 5.89. The van der Waals surface area contributed by atoms with E-state index in [4.69, 9.17) is 4.74 Å². The first-order valence-electron chi connectivity index (χ1n) is 11.5. The van der Waals surface area contributed by atoms with Crippen LogP contribution >= 0.6 is 0 Å². The van der Waals surface area contributed by atoms with Crippen LogP contribution in [0.15, 0.2) is 59.6 Å². The summed E-state index contributed by atoms with van der Waals surface area (Å²) in [7, 11) is 1.82. The molecule has 0 aromatic heterocycles. The average Bonchev–Trinajstić information content (AvgIpc) is 3.37. The number of carbonyl (C=O) groups is 1. The monoisotopic (exact) mass is 435 g/mol. The zero-order valence-electron chi connectivity index (χ0n) is 18.8. The highest BCUT2D eigenvalue weighted by atomic mass is 16.5. The largest absolute Gasteiger partial charge is 0.490 e. The first-order chi connectivity index (χ1) is 15.7. The fraction of sp³-hybridized carbons (Fsp3) is 0.440. The molecule has 32 heavy (non-hydrogen) atoms. The maximum atomic E-state index is 12.4. The van der Waals surface area contributed by atoms with Crippen LogP contribution in [-0.4, -0.2) is 61.1 Å². The summed E-state index contributed by atoms with van der Waals surface area (Å²) < 4.78 is 6.10. The van der Waals surface area contributed by atoms with E-state index >= 15 is 0 Å². The van der Waals surface area contributed by atoms with Crippen LogP contribution in [0, 0.1) is 0 Å². The zero-order valence-corrected chi connectivity index (χ0v) is 18.8. The lowest BCUT2D eigenvalue weighted by molar-refractivity contribution is 0.129. The number of benzene rings is 2. The van der Waals surface area contributed by atoms with Crippen LogP contribution in [0.2, 0.25) is 0 Å². The molecule has 2 aliphatic heterocycles. The summed E-state index contributed by atoms with van der Waals surface area (Å²) in [6, 6.07) is 18.0. The Balaban J connectivity index is 1.25. The minimum absolute atomic E-state index is 0.0102. The predicted molar refractivity (Wildman–Crippen MR) is 128 cm³/mol. The van der Waals surface area contributed by atoms with E-state index in [-0.39, 0.29) is 12.1 Å².